The van der Waals surface area contributed by atoms with Gasteiger partial charge in [0.25, 0.3) is 0 Å². The molecule has 0 unspecified atom stereocenters. The van der Waals surface area contributed by atoms with Gasteiger partial charge in [-0.05, 0) is 35.6 Å². The number of rotatable bonds is 6. The lowest BCUT2D eigenvalue weighted by atomic mass is 10.2. The summed E-state index contributed by atoms with van der Waals surface area (Å²) in [5.41, 5.74) is 2.12. The van der Waals surface area contributed by atoms with E-state index in [-0.39, 0.29) is 11.9 Å². The minimum absolute atomic E-state index is 0.0878. The molecule has 0 bridgehead atoms. The maximum Gasteiger partial charge on any atom is 0.338 e. The third-order valence-corrected chi connectivity index (χ3v) is 4.69. The number of carbonyl (C=O) groups is 2. The number of ether oxygens (including phenoxy) is 1. The predicted octanol–water partition coefficient (Wildman–Crippen LogP) is 3.09. The minimum atomic E-state index is -0.347. The molecule has 2 aliphatic heterocycles. The molecular formula is C18H21N3O3S. The molecule has 25 heavy (non-hydrogen) atoms. The fourth-order valence-corrected chi connectivity index (χ4v) is 3.45. The Kier molecular flexibility index (Phi) is 5.43. The Labute approximate surface area is 151 Å². The first-order valence-electron chi connectivity index (χ1n) is 8.27. The lowest BCUT2D eigenvalue weighted by Crippen LogP contribution is -2.24. The van der Waals surface area contributed by atoms with E-state index in [1.165, 1.54) is 0 Å². The van der Waals surface area contributed by atoms with E-state index in [1.54, 1.807) is 36.0 Å². The highest BCUT2D eigenvalue weighted by molar-refractivity contribution is 8.16. The van der Waals surface area contributed by atoms with Gasteiger partial charge >= 0.3 is 5.97 Å². The molecule has 0 spiro atoms. The van der Waals surface area contributed by atoms with Crippen LogP contribution in [0.15, 0.2) is 40.4 Å². The molecule has 0 saturated carbocycles. The quantitative estimate of drug-likeness (QED) is 0.791. The van der Waals surface area contributed by atoms with Crippen molar-refractivity contribution in [2.75, 3.05) is 25.0 Å². The Morgan fingerprint density at radius 3 is 2.80 bits per heavy atom. The Hall–Kier alpha value is -2.28. The molecule has 0 aromatic heterocycles. The van der Waals surface area contributed by atoms with E-state index in [4.69, 9.17) is 4.74 Å². The zero-order valence-electron chi connectivity index (χ0n) is 14.3. The van der Waals surface area contributed by atoms with Crippen molar-refractivity contribution in [3.05, 3.63) is 40.9 Å². The molecule has 1 aromatic carbocycles. The summed E-state index contributed by atoms with van der Waals surface area (Å²) >= 11 is 1.56. The van der Waals surface area contributed by atoms with Gasteiger partial charge in [-0.2, -0.15) is 0 Å². The maximum atomic E-state index is 12.2. The van der Waals surface area contributed by atoms with Crippen LogP contribution in [0, 0.1) is 5.92 Å². The van der Waals surface area contributed by atoms with Crippen molar-refractivity contribution >= 4 is 34.5 Å². The van der Waals surface area contributed by atoms with E-state index >= 15 is 0 Å². The van der Waals surface area contributed by atoms with Crippen molar-refractivity contribution in [2.45, 2.75) is 20.3 Å². The van der Waals surface area contributed by atoms with Gasteiger partial charge in [-0.3, -0.25) is 9.79 Å². The number of nitrogens with one attached hydrogen (secondary N) is 1. The molecule has 132 valence electrons. The van der Waals surface area contributed by atoms with Crippen LogP contribution in [0.25, 0.3) is 0 Å². The fourth-order valence-electron chi connectivity index (χ4n) is 2.50. The molecule has 1 N–H and O–H groups in total. The van der Waals surface area contributed by atoms with Gasteiger partial charge in [-0.25, -0.2) is 4.79 Å². The van der Waals surface area contributed by atoms with Crippen molar-refractivity contribution in [2.24, 2.45) is 10.9 Å². The molecule has 2 heterocycles. The van der Waals surface area contributed by atoms with Crippen LogP contribution < -0.4 is 5.32 Å². The molecule has 0 aliphatic carbocycles. The van der Waals surface area contributed by atoms with E-state index in [0.717, 1.165) is 24.0 Å². The minimum Gasteiger partial charge on any atom is -0.462 e. The van der Waals surface area contributed by atoms with Gasteiger partial charge < -0.3 is 15.0 Å². The number of amidine groups is 1. The molecule has 0 atom stereocenters. The average molecular weight is 359 g/mol. The SMILES string of the molecule is CC(C)COC(=O)c1ccc(NC(=O)CC2=CSC3=NCCN23)cc1. The van der Waals surface area contributed by atoms with Gasteiger partial charge in [0.2, 0.25) is 5.91 Å². The maximum absolute atomic E-state index is 12.2. The first kappa shape index (κ1) is 17.5. The van der Waals surface area contributed by atoms with Crippen LogP contribution in [0.4, 0.5) is 5.69 Å². The zero-order valence-corrected chi connectivity index (χ0v) is 15.1. The van der Waals surface area contributed by atoms with Crippen LogP contribution in [0.2, 0.25) is 0 Å². The summed E-state index contributed by atoms with van der Waals surface area (Å²) < 4.78 is 5.19. The van der Waals surface area contributed by atoms with Crippen molar-refractivity contribution in [3.8, 4) is 0 Å². The Morgan fingerprint density at radius 2 is 2.08 bits per heavy atom. The second kappa shape index (κ2) is 7.74. The lowest BCUT2D eigenvalue weighted by Gasteiger charge is -2.16. The van der Waals surface area contributed by atoms with E-state index < -0.39 is 0 Å². The summed E-state index contributed by atoms with van der Waals surface area (Å²) in [6, 6.07) is 6.75. The molecule has 6 nitrogen and oxygen atoms in total. The molecule has 7 heteroatoms. The van der Waals surface area contributed by atoms with Crippen LogP contribution in [-0.4, -0.2) is 41.6 Å². The molecule has 1 amide bonds. The highest BCUT2D eigenvalue weighted by atomic mass is 32.2. The van der Waals surface area contributed by atoms with Gasteiger partial charge in [0.05, 0.1) is 25.1 Å². The number of anilines is 1. The number of carbonyl (C=O) groups excluding carboxylic acids is 2. The normalized spacial score (nSPS) is 15.7. The van der Waals surface area contributed by atoms with E-state index in [1.807, 2.05) is 19.3 Å². The van der Waals surface area contributed by atoms with Gasteiger partial charge in [-0.1, -0.05) is 25.6 Å². The first-order valence-corrected chi connectivity index (χ1v) is 9.15. The Morgan fingerprint density at radius 1 is 1.32 bits per heavy atom. The molecule has 0 radical (unpaired) electrons. The van der Waals surface area contributed by atoms with Crippen molar-refractivity contribution in [1.29, 1.82) is 0 Å². The summed E-state index contributed by atoms with van der Waals surface area (Å²) in [5.74, 6) is -0.137. The van der Waals surface area contributed by atoms with Crippen molar-refractivity contribution in [1.82, 2.24) is 4.90 Å². The molecule has 2 aliphatic rings. The average Bonchev–Trinajstić information content (AvgIpc) is 3.18. The van der Waals surface area contributed by atoms with Crippen LogP contribution in [-0.2, 0) is 9.53 Å². The number of esters is 1. The van der Waals surface area contributed by atoms with Crippen molar-refractivity contribution in [3.63, 3.8) is 0 Å². The van der Waals surface area contributed by atoms with Gasteiger partial charge in [0.1, 0.15) is 0 Å². The zero-order chi connectivity index (χ0) is 17.8. The van der Waals surface area contributed by atoms with Crippen LogP contribution in [0.5, 0.6) is 0 Å². The summed E-state index contributed by atoms with van der Waals surface area (Å²) in [7, 11) is 0. The molecular weight excluding hydrogens is 338 g/mol. The van der Waals surface area contributed by atoms with Crippen LogP contribution in [0.1, 0.15) is 30.6 Å². The number of benzene rings is 1. The number of amides is 1. The summed E-state index contributed by atoms with van der Waals surface area (Å²) in [4.78, 5) is 30.6. The Bertz CT molecular complexity index is 726. The smallest absolute Gasteiger partial charge is 0.338 e. The largest absolute Gasteiger partial charge is 0.462 e. The molecule has 0 fully saturated rings. The molecule has 3 rings (SSSR count). The van der Waals surface area contributed by atoms with Crippen LogP contribution in [0.3, 0.4) is 0 Å². The topological polar surface area (TPSA) is 71.0 Å². The molecule has 1 aromatic rings. The third kappa shape index (κ3) is 4.42. The summed E-state index contributed by atoms with van der Waals surface area (Å²) in [6.45, 7) is 6.00. The van der Waals surface area contributed by atoms with Gasteiger partial charge in [-0.15, -0.1) is 0 Å². The van der Waals surface area contributed by atoms with Gasteiger partial charge in [0.15, 0.2) is 5.17 Å². The van der Waals surface area contributed by atoms with E-state index in [2.05, 4.69) is 15.2 Å². The monoisotopic (exact) mass is 359 g/mol. The second-order valence-electron chi connectivity index (χ2n) is 6.34. The highest BCUT2D eigenvalue weighted by Crippen LogP contribution is 2.30. The van der Waals surface area contributed by atoms with E-state index in [0.29, 0.717) is 30.2 Å². The number of aliphatic imine (C=N–C) groups is 1. The number of hydrogen-bond donors (Lipinski definition) is 1. The Balaban J connectivity index is 1.52. The number of nitrogens with zero attached hydrogens (tertiary/aromatic N) is 2. The number of hydrogen-bond acceptors (Lipinski definition) is 6. The molecule has 0 saturated heterocycles. The van der Waals surface area contributed by atoms with Crippen molar-refractivity contribution < 1.29 is 14.3 Å². The standard InChI is InChI=1S/C18H21N3O3S/c1-12(2)10-24-17(23)13-3-5-14(6-4-13)20-16(22)9-15-11-25-18-19-7-8-21(15)18/h3-6,11-12H,7-10H2,1-2H3,(H,20,22). The first-order chi connectivity index (χ1) is 12.0. The third-order valence-electron chi connectivity index (χ3n) is 3.74. The van der Waals surface area contributed by atoms with Gasteiger partial charge in [0, 0.05) is 17.9 Å². The van der Waals surface area contributed by atoms with Crippen LogP contribution >= 0.6 is 11.8 Å². The summed E-state index contributed by atoms with van der Waals surface area (Å²) in [5, 5.41) is 5.81. The number of fused-ring (bicyclic) bond motifs is 1. The fraction of sp³-hybridized carbons (Fsp3) is 0.389. The lowest BCUT2D eigenvalue weighted by molar-refractivity contribution is -0.115. The highest BCUT2D eigenvalue weighted by Gasteiger charge is 2.27. The van der Waals surface area contributed by atoms with E-state index in [9.17, 15) is 9.59 Å². The number of thioether (sulfide) groups is 1. The predicted molar refractivity (Wildman–Crippen MR) is 99.5 cm³/mol. The summed E-state index contributed by atoms with van der Waals surface area (Å²) in [6.07, 6.45) is 0.310. The second-order valence-corrected chi connectivity index (χ2v) is 7.17.